The standard InChI is InChI=1S/C55H40N6/c1-59-50(40-25-12-5-13-26-40)35-45(39-23-10-4-11-24-39)58-55(59)61-48-31-30-36-18-14-15-27-41(36)51(48)53-49(61)33-32-47-52(53)42-28-16-17-29-46(42)60(47)54-56-43(37-19-6-2-7-20-37)34-44(57-54)38-21-8-3-9-22-38/h2,4-8,10-35,55H,3,9H2,1H3. The summed E-state index contributed by atoms with van der Waals surface area (Å²) in [6, 6.07) is 60.4. The third-order valence-electron chi connectivity index (χ3n) is 12.4. The smallest absolute Gasteiger partial charge is 0.235 e. The van der Waals surface area contributed by atoms with E-state index in [4.69, 9.17) is 15.0 Å². The third-order valence-corrected chi connectivity index (χ3v) is 12.4. The zero-order valence-corrected chi connectivity index (χ0v) is 33.7. The maximum atomic E-state index is 5.61. The van der Waals surface area contributed by atoms with E-state index in [0.29, 0.717) is 5.95 Å². The van der Waals surface area contributed by atoms with Crippen molar-refractivity contribution in [2.75, 3.05) is 7.05 Å². The number of para-hydroxylation sites is 1. The number of hydrogen-bond acceptors (Lipinski definition) is 4. The second-order valence-corrected chi connectivity index (χ2v) is 15.9. The first-order valence-electron chi connectivity index (χ1n) is 21.0. The molecule has 0 amide bonds. The number of aliphatic imine (C=N–C) groups is 1. The molecule has 10 aromatic rings. The molecule has 12 rings (SSSR count). The number of fused-ring (bicyclic) bond motifs is 9. The van der Waals surface area contributed by atoms with Gasteiger partial charge in [0.2, 0.25) is 12.2 Å². The van der Waals surface area contributed by atoms with E-state index >= 15 is 0 Å². The number of nitrogens with zero attached hydrogens (tertiary/aromatic N) is 6. The van der Waals surface area contributed by atoms with E-state index in [0.717, 1.165) is 85.4 Å². The maximum absolute atomic E-state index is 5.61. The van der Waals surface area contributed by atoms with Crippen LogP contribution >= 0.6 is 0 Å². The van der Waals surface area contributed by atoms with Gasteiger partial charge < -0.3 is 9.47 Å². The zero-order valence-electron chi connectivity index (χ0n) is 33.7. The zero-order chi connectivity index (χ0) is 40.4. The Hall–Kier alpha value is -7.83. The highest BCUT2D eigenvalue weighted by molar-refractivity contribution is 6.33. The molecule has 0 N–H and O–H groups in total. The molecule has 7 aromatic carbocycles. The van der Waals surface area contributed by atoms with E-state index in [2.05, 4.69) is 215 Å². The van der Waals surface area contributed by atoms with Crippen LogP contribution < -0.4 is 0 Å². The Morgan fingerprint density at radius 3 is 1.92 bits per heavy atom. The Kier molecular flexibility index (Phi) is 8.17. The van der Waals surface area contributed by atoms with Gasteiger partial charge >= 0.3 is 0 Å². The highest BCUT2D eigenvalue weighted by atomic mass is 15.4. The van der Waals surface area contributed by atoms with Gasteiger partial charge in [-0.3, -0.25) is 4.57 Å². The van der Waals surface area contributed by atoms with Crippen LogP contribution in [-0.4, -0.2) is 36.8 Å². The first kappa shape index (κ1) is 35.1. The number of benzene rings is 7. The number of hydrogen-bond donors (Lipinski definition) is 0. The van der Waals surface area contributed by atoms with Crippen molar-refractivity contribution in [2.24, 2.45) is 4.99 Å². The molecule has 0 fully saturated rings. The highest BCUT2D eigenvalue weighted by Gasteiger charge is 2.30. The molecule has 0 bridgehead atoms. The van der Waals surface area contributed by atoms with E-state index in [1.807, 2.05) is 0 Å². The minimum Gasteiger partial charge on any atom is -0.335 e. The number of rotatable bonds is 6. The molecule has 0 saturated carbocycles. The second kappa shape index (κ2) is 14.2. The molecule has 3 aromatic heterocycles. The number of allylic oxidation sites excluding steroid dienone is 5. The van der Waals surface area contributed by atoms with Crippen molar-refractivity contribution in [2.45, 2.75) is 19.1 Å². The van der Waals surface area contributed by atoms with Gasteiger partial charge in [-0.2, -0.15) is 0 Å². The van der Waals surface area contributed by atoms with Crippen LogP contribution in [0.3, 0.4) is 0 Å². The Balaban J connectivity index is 1.18. The maximum Gasteiger partial charge on any atom is 0.235 e. The van der Waals surface area contributed by atoms with Crippen LogP contribution in [0, 0.1) is 0 Å². The lowest BCUT2D eigenvalue weighted by Gasteiger charge is -2.35. The minimum atomic E-state index is -0.382. The molecule has 0 spiro atoms. The Morgan fingerprint density at radius 2 is 1.15 bits per heavy atom. The molecule has 290 valence electrons. The Labute approximate surface area is 353 Å². The molecule has 0 saturated heterocycles. The number of aromatic nitrogens is 4. The van der Waals surface area contributed by atoms with Crippen molar-refractivity contribution in [1.82, 2.24) is 24.0 Å². The normalized spacial score (nSPS) is 15.5. The van der Waals surface area contributed by atoms with Crippen molar-refractivity contribution >= 4 is 71.4 Å². The van der Waals surface area contributed by atoms with Crippen LogP contribution in [0.15, 0.2) is 199 Å². The lowest BCUT2D eigenvalue weighted by atomic mass is 10.0. The fourth-order valence-electron chi connectivity index (χ4n) is 9.56. The van der Waals surface area contributed by atoms with Gasteiger partial charge in [-0.25, -0.2) is 15.0 Å². The summed E-state index contributed by atoms with van der Waals surface area (Å²) in [5.41, 5.74) is 12.6. The summed E-state index contributed by atoms with van der Waals surface area (Å²) < 4.78 is 4.73. The second-order valence-electron chi connectivity index (χ2n) is 15.9. The van der Waals surface area contributed by atoms with Crippen LogP contribution in [0.2, 0.25) is 0 Å². The monoisotopic (exact) mass is 784 g/mol. The largest absolute Gasteiger partial charge is 0.335 e. The topological polar surface area (TPSA) is 51.2 Å². The van der Waals surface area contributed by atoms with Crippen molar-refractivity contribution < 1.29 is 0 Å². The quantitative estimate of drug-likeness (QED) is 0.169. The summed E-state index contributed by atoms with van der Waals surface area (Å²) in [6.07, 6.45) is 10.6. The predicted molar refractivity (Wildman–Crippen MR) is 253 cm³/mol. The lowest BCUT2D eigenvalue weighted by molar-refractivity contribution is 0.282. The Morgan fingerprint density at radius 1 is 0.525 bits per heavy atom. The molecule has 1 aliphatic carbocycles. The van der Waals surface area contributed by atoms with Gasteiger partial charge in [-0.15, -0.1) is 0 Å². The van der Waals surface area contributed by atoms with Gasteiger partial charge in [0.1, 0.15) is 0 Å². The van der Waals surface area contributed by atoms with E-state index in [1.54, 1.807) is 0 Å². The summed E-state index contributed by atoms with van der Waals surface area (Å²) >= 11 is 0. The van der Waals surface area contributed by atoms with E-state index in [-0.39, 0.29) is 6.29 Å². The fraction of sp³-hybridized carbons (Fsp3) is 0.0727. The minimum absolute atomic E-state index is 0.382. The van der Waals surface area contributed by atoms with Gasteiger partial charge in [-0.05, 0) is 76.7 Å². The fourth-order valence-corrected chi connectivity index (χ4v) is 9.56. The molecule has 1 aliphatic heterocycles. The summed E-state index contributed by atoms with van der Waals surface area (Å²) in [5, 5.41) is 7.12. The van der Waals surface area contributed by atoms with Crippen molar-refractivity contribution in [3.63, 3.8) is 0 Å². The molecular formula is C55H40N6. The first-order valence-corrected chi connectivity index (χ1v) is 21.0. The average Bonchev–Trinajstić information content (AvgIpc) is 3.86. The van der Waals surface area contributed by atoms with Crippen LogP contribution in [0.4, 0.5) is 0 Å². The first-order chi connectivity index (χ1) is 30.2. The molecule has 0 radical (unpaired) electrons. The predicted octanol–water partition coefficient (Wildman–Crippen LogP) is 13.2. The van der Waals surface area contributed by atoms with Crippen LogP contribution in [-0.2, 0) is 0 Å². The summed E-state index contributed by atoms with van der Waals surface area (Å²) in [4.78, 5) is 18.7. The molecule has 6 nitrogen and oxygen atoms in total. The van der Waals surface area contributed by atoms with Crippen LogP contribution in [0.5, 0.6) is 0 Å². The molecule has 1 unspecified atom stereocenters. The summed E-state index contributed by atoms with van der Waals surface area (Å²) in [5.74, 6) is 0.650. The van der Waals surface area contributed by atoms with Crippen molar-refractivity contribution in [3.8, 4) is 17.2 Å². The molecular weight excluding hydrogens is 745 g/mol. The van der Waals surface area contributed by atoms with Crippen LogP contribution in [0.1, 0.15) is 36.0 Å². The van der Waals surface area contributed by atoms with Gasteiger partial charge in [0.15, 0.2) is 0 Å². The SMILES string of the molecule is CN1C(c2ccccc2)=CC(c2ccccc2)=NC1n1c2ccc3ccccc3c2c2c3c4ccccc4n(-c4nc(C5=CCCC=C5)cc(-c5ccccc5)n4)c3ccc21. The van der Waals surface area contributed by atoms with Gasteiger partial charge in [-0.1, -0.05) is 158 Å². The van der Waals surface area contributed by atoms with Crippen molar-refractivity contribution in [1.29, 1.82) is 0 Å². The summed E-state index contributed by atoms with van der Waals surface area (Å²) in [7, 11) is 2.17. The highest BCUT2D eigenvalue weighted by Crippen LogP contribution is 2.46. The van der Waals surface area contributed by atoms with Gasteiger partial charge in [0, 0.05) is 39.9 Å². The van der Waals surface area contributed by atoms with E-state index in [9.17, 15) is 0 Å². The van der Waals surface area contributed by atoms with E-state index < -0.39 is 0 Å². The van der Waals surface area contributed by atoms with E-state index in [1.165, 1.54) is 26.9 Å². The lowest BCUT2D eigenvalue weighted by Crippen LogP contribution is -2.31. The molecule has 1 atom stereocenters. The molecule has 6 heteroatoms. The Bertz CT molecular complexity index is 3480. The van der Waals surface area contributed by atoms with Gasteiger partial charge in [0.25, 0.3) is 0 Å². The van der Waals surface area contributed by atoms with Gasteiger partial charge in [0.05, 0.1) is 39.2 Å². The van der Waals surface area contributed by atoms with Crippen molar-refractivity contribution in [3.05, 3.63) is 211 Å². The van der Waals surface area contributed by atoms with Crippen LogP contribution in [0.25, 0.3) is 82.9 Å². The molecule has 4 heterocycles. The molecule has 61 heavy (non-hydrogen) atoms. The summed E-state index contributed by atoms with van der Waals surface area (Å²) in [6.45, 7) is 0. The average molecular weight is 785 g/mol. The third kappa shape index (κ3) is 5.67. The molecule has 2 aliphatic rings.